The molecule has 1 saturated carbocycles. The number of benzene rings is 2. The molecule has 1 fully saturated rings. The molecule has 0 spiro atoms. The fourth-order valence-electron chi connectivity index (χ4n) is 3.74. The summed E-state index contributed by atoms with van der Waals surface area (Å²) in [6, 6.07) is 4.93. The fraction of sp³-hybridized carbons (Fsp3) is 0.385. The monoisotopic (exact) mass is 578 g/mol. The molecule has 1 aliphatic carbocycles. The van der Waals surface area contributed by atoms with Crippen molar-refractivity contribution in [3.63, 3.8) is 0 Å². The van der Waals surface area contributed by atoms with Crippen LogP contribution in [0.5, 0.6) is 0 Å². The van der Waals surface area contributed by atoms with Crippen LogP contribution < -0.4 is 10.6 Å². The lowest BCUT2D eigenvalue weighted by atomic mass is 9.95. The van der Waals surface area contributed by atoms with Gasteiger partial charge in [-0.15, -0.1) is 0 Å². The van der Waals surface area contributed by atoms with Gasteiger partial charge in [-0.1, -0.05) is 53.7 Å². The second-order valence-electron chi connectivity index (χ2n) is 9.08. The van der Waals surface area contributed by atoms with Gasteiger partial charge in [0, 0.05) is 17.7 Å². The predicted molar refractivity (Wildman–Crippen MR) is 138 cm³/mol. The first-order chi connectivity index (χ1) is 17.3. The van der Waals surface area contributed by atoms with Crippen molar-refractivity contribution in [2.75, 3.05) is 6.54 Å². The minimum absolute atomic E-state index is 0.105. The molecule has 37 heavy (non-hydrogen) atoms. The molecule has 4 nitrogen and oxygen atoms in total. The van der Waals surface area contributed by atoms with E-state index in [2.05, 4.69) is 10.6 Å². The maximum absolute atomic E-state index is 15.0. The molecule has 200 valence electrons. The molecule has 0 aliphatic heterocycles. The van der Waals surface area contributed by atoms with E-state index in [4.69, 9.17) is 34.8 Å². The van der Waals surface area contributed by atoms with Gasteiger partial charge in [0.05, 0.1) is 15.1 Å². The SMILES string of the molecule is Cc1cc(/C(F)=C/C(c2cc(Cl)c(Cl)c(Cl)c2)C(F)(F)F)ccc1C(=O)N[C@H](C)C(=O)NCCC1CC1. The number of rotatable bonds is 9. The average molecular weight is 580 g/mol. The Morgan fingerprint density at radius 2 is 1.73 bits per heavy atom. The molecular weight excluding hydrogens is 555 g/mol. The zero-order valence-electron chi connectivity index (χ0n) is 20.0. The van der Waals surface area contributed by atoms with E-state index in [9.17, 15) is 22.8 Å². The summed E-state index contributed by atoms with van der Waals surface area (Å²) in [6.45, 7) is 3.60. The summed E-state index contributed by atoms with van der Waals surface area (Å²) in [6.07, 6.45) is -1.18. The Balaban J connectivity index is 1.75. The molecule has 1 unspecified atom stereocenters. The van der Waals surface area contributed by atoms with Gasteiger partial charge in [0.15, 0.2) is 0 Å². The van der Waals surface area contributed by atoms with Crippen LogP contribution in [0.2, 0.25) is 15.1 Å². The fourth-order valence-corrected chi connectivity index (χ4v) is 4.36. The van der Waals surface area contributed by atoms with Crippen LogP contribution in [0.3, 0.4) is 0 Å². The molecule has 2 aromatic rings. The highest BCUT2D eigenvalue weighted by Gasteiger charge is 2.40. The zero-order valence-corrected chi connectivity index (χ0v) is 22.3. The maximum atomic E-state index is 15.0. The van der Waals surface area contributed by atoms with Crippen LogP contribution in [0.4, 0.5) is 17.6 Å². The molecule has 3 rings (SSSR count). The van der Waals surface area contributed by atoms with Gasteiger partial charge >= 0.3 is 6.18 Å². The van der Waals surface area contributed by atoms with Gasteiger partial charge in [0.1, 0.15) is 17.8 Å². The molecule has 0 saturated heterocycles. The molecule has 0 heterocycles. The summed E-state index contributed by atoms with van der Waals surface area (Å²) < 4.78 is 56.4. The van der Waals surface area contributed by atoms with Crippen molar-refractivity contribution < 1.29 is 27.2 Å². The number of hydrogen-bond donors (Lipinski definition) is 2. The van der Waals surface area contributed by atoms with E-state index >= 15 is 4.39 Å². The number of carbonyl (C=O) groups is 2. The summed E-state index contributed by atoms with van der Waals surface area (Å²) in [5.74, 6) is -3.71. The minimum Gasteiger partial charge on any atom is -0.354 e. The van der Waals surface area contributed by atoms with E-state index in [0.717, 1.165) is 18.6 Å². The molecule has 2 amide bonds. The molecule has 2 atom stereocenters. The van der Waals surface area contributed by atoms with Crippen molar-refractivity contribution in [3.8, 4) is 0 Å². The van der Waals surface area contributed by atoms with E-state index in [1.807, 2.05) is 0 Å². The minimum atomic E-state index is -4.85. The number of nitrogens with one attached hydrogen (secondary N) is 2. The standard InChI is InChI=1S/C26H25Cl3F4N2O2/c1-13-9-16(5-6-18(13)25(37)35-14(2)24(36)34-8-7-15-3-4-15)22(30)12-19(26(31,32)33)17-10-20(27)23(29)21(28)11-17/h5-6,9-12,14-15,19H,3-4,7-8H2,1-2H3,(H,34,36)(H,35,37)/b22-12-/t14-,19?/m1/s1. The third kappa shape index (κ3) is 7.85. The second kappa shape index (κ2) is 12.0. The Morgan fingerprint density at radius 3 is 2.27 bits per heavy atom. The van der Waals surface area contributed by atoms with Gasteiger partial charge < -0.3 is 10.6 Å². The summed E-state index contributed by atoms with van der Waals surface area (Å²) in [4.78, 5) is 24.9. The largest absolute Gasteiger partial charge is 0.399 e. The molecule has 2 N–H and O–H groups in total. The zero-order chi connectivity index (χ0) is 27.5. The second-order valence-corrected chi connectivity index (χ2v) is 10.3. The third-order valence-electron chi connectivity index (χ3n) is 6.07. The van der Waals surface area contributed by atoms with E-state index < -0.39 is 29.9 Å². The molecule has 1 aliphatic rings. The van der Waals surface area contributed by atoms with Gasteiger partial charge in [-0.25, -0.2) is 4.39 Å². The van der Waals surface area contributed by atoms with Crippen molar-refractivity contribution in [1.82, 2.24) is 10.6 Å². The number of halogens is 7. The Morgan fingerprint density at radius 1 is 1.11 bits per heavy atom. The van der Waals surface area contributed by atoms with E-state index in [-0.39, 0.29) is 37.7 Å². The van der Waals surface area contributed by atoms with Crippen LogP contribution in [0.25, 0.3) is 5.83 Å². The van der Waals surface area contributed by atoms with Gasteiger partial charge in [0.2, 0.25) is 5.91 Å². The average Bonchev–Trinajstić information content (AvgIpc) is 3.63. The van der Waals surface area contributed by atoms with Gasteiger partial charge in [-0.3, -0.25) is 9.59 Å². The molecule has 11 heteroatoms. The first-order valence-corrected chi connectivity index (χ1v) is 12.7. The van der Waals surface area contributed by atoms with Crippen LogP contribution in [0.15, 0.2) is 36.4 Å². The van der Waals surface area contributed by atoms with E-state index in [1.54, 1.807) is 6.92 Å². The Kier molecular flexibility index (Phi) is 9.53. The molecule has 0 aromatic heterocycles. The lowest BCUT2D eigenvalue weighted by Gasteiger charge is -2.19. The Labute approximate surface area is 227 Å². The quantitative estimate of drug-likeness (QED) is 0.237. The van der Waals surface area contributed by atoms with Crippen LogP contribution in [-0.2, 0) is 4.79 Å². The first kappa shape index (κ1) is 29.3. The summed E-state index contributed by atoms with van der Waals surface area (Å²) in [5, 5.41) is 4.87. The smallest absolute Gasteiger partial charge is 0.354 e. The topological polar surface area (TPSA) is 58.2 Å². The highest BCUT2D eigenvalue weighted by Crippen LogP contribution is 2.42. The molecular formula is C26H25Cl3F4N2O2. The van der Waals surface area contributed by atoms with E-state index in [0.29, 0.717) is 24.1 Å². The molecule has 0 bridgehead atoms. The summed E-state index contributed by atoms with van der Waals surface area (Å²) in [7, 11) is 0. The van der Waals surface area contributed by atoms with Crippen molar-refractivity contribution in [3.05, 3.63) is 73.7 Å². The van der Waals surface area contributed by atoms with Crippen molar-refractivity contribution in [2.45, 2.75) is 51.2 Å². The Bertz CT molecular complexity index is 1190. The van der Waals surface area contributed by atoms with Crippen molar-refractivity contribution in [2.24, 2.45) is 5.92 Å². The van der Waals surface area contributed by atoms with Crippen LogP contribution in [-0.4, -0.2) is 30.6 Å². The number of allylic oxidation sites excluding steroid dienone is 1. The van der Waals surface area contributed by atoms with Gasteiger partial charge in [0.25, 0.3) is 5.91 Å². The number of aryl methyl sites for hydroxylation is 1. The number of carbonyl (C=O) groups excluding carboxylic acids is 2. The Hall–Kier alpha value is -2.29. The number of amides is 2. The van der Waals surface area contributed by atoms with E-state index in [1.165, 1.54) is 38.0 Å². The normalized spacial score (nSPS) is 15.8. The van der Waals surface area contributed by atoms with Crippen molar-refractivity contribution >= 4 is 52.4 Å². The maximum Gasteiger partial charge on any atom is 0.399 e. The number of hydrogen-bond acceptors (Lipinski definition) is 2. The highest BCUT2D eigenvalue weighted by molar-refractivity contribution is 6.48. The van der Waals surface area contributed by atoms with Crippen molar-refractivity contribution in [1.29, 1.82) is 0 Å². The highest BCUT2D eigenvalue weighted by atomic mass is 35.5. The molecule has 0 radical (unpaired) electrons. The van der Waals surface area contributed by atoms with Gasteiger partial charge in [-0.05, 0) is 67.7 Å². The number of alkyl halides is 3. The van der Waals surface area contributed by atoms with Crippen LogP contribution in [0.1, 0.15) is 59.2 Å². The summed E-state index contributed by atoms with van der Waals surface area (Å²) in [5.41, 5.74) is -0.0432. The third-order valence-corrected chi connectivity index (χ3v) is 7.26. The lowest BCUT2D eigenvalue weighted by Crippen LogP contribution is -2.45. The molecule has 2 aromatic carbocycles. The van der Waals surface area contributed by atoms with Gasteiger partial charge in [-0.2, -0.15) is 13.2 Å². The first-order valence-electron chi connectivity index (χ1n) is 11.6. The summed E-state index contributed by atoms with van der Waals surface area (Å²) >= 11 is 17.6. The van der Waals surface area contributed by atoms with Crippen LogP contribution >= 0.6 is 34.8 Å². The lowest BCUT2D eigenvalue weighted by molar-refractivity contribution is -0.139. The van der Waals surface area contributed by atoms with Crippen LogP contribution in [0, 0.1) is 12.8 Å². The predicted octanol–water partition coefficient (Wildman–Crippen LogP) is 7.65.